The van der Waals surface area contributed by atoms with Gasteiger partial charge in [0.1, 0.15) is 6.04 Å². The third kappa shape index (κ3) is 2.87. The molecule has 1 heterocycles. The zero-order valence-electron chi connectivity index (χ0n) is 11.2. The van der Waals surface area contributed by atoms with E-state index >= 15 is 0 Å². The summed E-state index contributed by atoms with van der Waals surface area (Å²) >= 11 is 0. The summed E-state index contributed by atoms with van der Waals surface area (Å²) in [5.41, 5.74) is 0. The molecule has 1 N–H and O–H groups in total. The Bertz CT molecular complexity index is 354. The number of nitrogens with one attached hydrogen (secondary N) is 1. The number of methoxy groups -OCH3 is 1. The molecule has 0 spiro atoms. The lowest BCUT2D eigenvalue weighted by atomic mass is 10.0. The molecule has 6 nitrogen and oxygen atoms in total. The van der Waals surface area contributed by atoms with Crippen molar-refractivity contribution < 1.29 is 19.1 Å². The van der Waals surface area contributed by atoms with Crippen molar-refractivity contribution in [3.8, 4) is 0 Å². The molecule has 1 saturated heterocycles. The van der Waals surface area contributed by atoms with E-state index in [1.54, 1.807) is 6.92 Å². The van der Waals surface area contributed by atoms with E-state index in [9.17, 15) is 14.4 Å². The predicted molar refractivity (Wildman–Crippen MR) is 64.6 cm³/mol. The summed E-state index contributed by atoms with van der Waals surface area (Å²) in [6.45, 7) is 5.82. The van der Waals surface area contributed by atoms with E-state index < -0.39 is 18.1 Å². The van der Waals surface area contributed by atoms with E-state index in [2.05, 4.69) is 10.1 Å². The Balaban J connectivity index is 2.75. The van der Waals surface area contributed by atoms with Gasteiger partial charge in [-0.2, -0.15) is 0 Å². The molecule has 1 rings (SSSR count). The Hall–Kier alpha value is -1.43. The van der Waals surface area contributed by atoms with Gasteiger partial charge in [0.2, 0.25) is 11.8 Å². The van der Waals surface area contributed by atoms with E-state index in [-0.39, 0.29) is 24.2 Å². The van der Waals surface area contributed by atoms with Crippen LogP contribution in [-0.4, -0.2) is 48.4 Å². The molecule has 0 radical (unpaired) electrons. The third-order valence-corrected chi connectivity index (χ3v) is 3.06. The maximum atomic E-state index is 11.9. The molecule has 0 bridgehead atoms. The largest absolute Gasteiger partial charge is 0.468 e. The fourth-order valence-electron chi connectivity index (χ4n) is 2.02. The highest BCUT2D eigenvalue weighted by Gasteiger charge is 2.40. The summed E-state index contributed by atoms with van der Waals surface area (Å²) in [6, 6.07) is -1.20. The van der Waals surface area contributed by atoms with Gasteiger partial charge >= 0.3 is 5.97 Å². The van der Waals surface area contributed by atoms with E-state index in [1.165, 1.54) is 12.0 Å². The highest BCUT2D eigenvalue weighted by Crippen LogP contribution is 2.15. The summed E-state index contributed by atoms with van der Waals surface area (Å²) < 4.78 is 4.69. The molecule has 1 aliphatic heterocycles. The van der Waals surface area contributed by atoms with Crippen molar-refractivity contribution in [2.24, 2.45) is 5.92 Å². The number of hydrogen-bond donors (Lipinski definition) is 1. The first-order valence-corrected chi connectivity index (χ1v) is 6.10. The van der Waals surface area contributed by atoms with Crippen molar-refractivity contribution in [2.45, 2.75) is 39.3 Å². The molecule has 0 aromatic heterocycles. The van der Waals surface area contributed by atoms with Crippen LogP contribution < -0.4 is 5.32 Å². The van der Waals surface area contributed by atoms with Crippen molar-refractivity contribution in [1.29, 1.82) is 0 Å². The van der Waals surface area contributed by atoms with E-state index in [0.717, 1.165) is 0 Å². The second-order valence-corrected chi connectivity index (χ2v) is 4.64. The van der Waals surface area contributed by atoms with Crippen molar-refractivity contribution in [2.75, 3.05) is 13.7 Å². The first-order valence-electron chi connectivity index (χ1n) is 6.10. The fourth-order valence-corrected chi connectivity index (χ4v) is 2.02. The maximum Gasteiger partial charge on any atom is 0.323 e. The second kappa shape index (κ2) is 5.95. The standard InChI is InChI=1S/C12H20N2O4/c1-5-14-9(15)6-8(11(14)16)13-10(7(2)3)12(17)18-4/h7-8,10,13H,5-6H2,1-4H3. The number of ether oxygens (including phenoxy) is 1. The number of hydrogen-bond acceptors (Lipinski definition) is 5. The average molecular weight is 256 g/mol. The van der Waals surface area contributed by atoms with E-state index in [0.29, 0.717) is 6.54 Å². The SMILES string of the molecule is CCN1C(=O)CC(NC(C(=O)OC)C(C)C)C1=O. The number of carbonyl (C=O) groups is 3. The lowest BCUT2D eigenvalue weighted by molar-refractivity contribution is -0.144. The highest BCUT2D eigenvalue weighted by molar-refractivity contribution is 6.05. The number of carbonyl (C=O) groups excluding carboxylic acids is 3. The van der Waals surface area contributed by atoms with Crippen LogP contribution in [0.3, 0.4) is 0 Å². The molecular formula is C12H20N2O4. The van der Waals surface area contributed by atoms with Gasteiger partial charge in [-0.15, -0.1) is 0 Å². The molecule has 18 heavy (non-hydrogen) atoms. The van der Waals surface area contributed by atoms with Crippen LogP contribution in [0.15, 0.2) is 0 Å². The quantitative estimate of drug-likeness (QED) is 0.550. The Morgan fingerprint density at radius 2 is 2.11 bits per heavy atom. The Labute approximate surface area is 107 Å². The summed E-state index contributed by atoms with van der Waals surface area (Å²) in [5.74, 6) is -0.902. The van der Waals surface area contributed by atoms with Gasteiger partial charge in [0.25, 0.3) is 0 Å². The Kier molecular flexibility index (Phi) is 4.84. The van der Waals surface area contributed by atoms with Gasteiger partial charge in [-0.05, 0) is 12.8 Å². The van der Waals surface area contributed by atoms with Gasteiger partial charge in [0.05, 0.1) is 19.6 Å². The second-order valence-electron chi connectivity index (χ2n) is 4.64. The van der Waals surface area contributed by atoms with Gasteiger partial charge in [0.15, 0.2) is 0 Å². The fraction of sp³-hybridized carbons (Fsp3) is 0.750. The highest BCUT2D eigenvalue weighted by atomic mass is 16.5. The van der Waals surface area contributed by atoms with Crippen LogP contribution in [0.2, 0.25) is 0 Å². The van der Waals surface area contributed by atoms with Crippen LogP contribution in [0.5, 0.6) is 0 Å². The molecule has 0 aromatic carbocycles. The van der Waals surface area contributed by atoms with Crippen LogP contribution in [0.4, 0.5) is 0 Å². The van der Waals surface area contributed by atoms with Crippen molar-refractivity contribution in [3.63, 3.8) is 0 Å². The predicted octanol–water partition coefficient (Wildman–Crippen LogP) is -0.0790. The maximum absolute atomic E-state index is 11.9. The van der Waals surface area contributed by atoms with Crippen molar-refractivity contribution in [1.82, 2.24) is 10.2 Å². The third-order valence-electron chi connectivity index (χ3n) is 3.06. The molecule has 1 fully saturated rings. The summed E-state index contributed by atoms with van der Waals surface area (Å²) in [5, 5.41) is 2.92. The zero-order valence-corrected chi connectivity index (χ0v) is 11.2. The summed E-state index contributed by atoms with van der Waals surface area (Å²) in [4.78, 5) is 36.3. The topological polar surface area (TPSA) is 75.7 Å². The van der Waals surface area contributed by atoms with Crippen LogP contribution >= 0.6 is 0 Å². The molecule has 0 aliphatic carbocycles. The number of imide groups is 1. The van der Waals surface area contributed by atoms with Crippen LogP contribution in [0.1, 0.15) is 27.2 Å². The molecule has 0 aromatic rings. The number of nitrogens with zero attached hydrogens (tertiary/aromatic N) is 1. The van der Waals surface area contributed by atoms with Crippen LogP contribution in [0, 0.1) is 5.92 Å². The van der Waals surface area contributed by atoms with E-state index in [4.69, 9.17) is 0 Å². The minimum atomic E-state index is -0.621. The number of likely N-dealkylation sites (tertiary alicyclic amines) is 1. The zero-order chi connectivity index (χ0) is 13.9. The lowest BCUT2D eigenvalue weighted by Crippen LogP contribution is -2.50. The lowest BCUT2D eigenvalue weighted by Gasteiger charge is -2.22. The number of amides is 2. The van der Waals surface area contributed by atoms with Gasteiger partial charge in [-0.3, -0.25) is 24.6 Å². The Morgan fingerprint density at radius 3 is 2.50 bits per heavy atom. The molecular weight excluding hydrogens is 236 g/mol. The molecule has 2 unspecified atom stereocenters. The number of likely N-dealkylation sites (N-methyl/N-ethyl adjacent to an activating group) is 1. The number of esters is 1. The van der Waals surface area contributed by atoms with Gasteiger partial charge < -0.3 is 4.74 Å². The van der Waals surface area contributed by atoms with Gasteiger partial charge in [0, 0.05) is 6.54 Å². The molecule has 102 valence electrons. The molecule has 0 saturated carbocycles. The summed E-state index contributed by atoms with van der Waals surface area (Å²) in [6.07, 6.45) is 0.104. The van der Waals surface area contributed by atoms with Crippen LogP contribution in [0.25, 0.3) is 0 Å². The smallest absolute Gasteiger partial charge is 0.323 e. The first kappa shape index (κ1) is 14.6. The number of rotatable bonds is 5. The molecule has 6 heteroatoms. The van der Waals surface area contributed by atoms with Crippen LogP contribution in [-0.2, 0) is 19.1 Å². The van der Waals surface area contributed by atoms with Crippen molar-refractivity contribution in [3.05, 3.63) is 0 Å². The molecule has 2 atom stereocenters. The minimum absolute atomic E-state index is 0.0176. The van der Waals surface area contributed by atoms with Gasteiger partial charge in [-0.25, -0.2) is 0 Å². The minimum Gasteiger partial charge on any atom is -0.468 e. The summed E-state index contributed by atoms with van der Waals surface area (Å²) in [7, 11) is 1.30. The average Bonchev–Trinajstić information content (AvgIpc) is 2.59. The van der Waals surface area contributed by atoms with Gasteiger partial charge in [-0.1, -0.05) is 13.8 Å². The van der Waals surface area contributed by atoms with E-state index in [1.807, 2.05) is 13.8 Å². The van der Waals surface area contributed by atoms with Crippen molar-refractivity contribution >= 4 is 17.8 Å². The first-order chi connectivity index (χ1) is 8.42. The molecule has 2 amide bonds. The molecule has 1 aliphatic rings. The Morgan fingerprint density at radius 1 is 1.50 bits per heavy atom. The normalized spacial score (nSPS) is 21.6. The monoisotopic (exact) mass is 256 g/mol.